The Morgan fingerprint density at radius 1 is 1.22 bits per heavy atom. The molecule has 0 saturated carbocycles. The number of ether oxygens (including phenoxy) is 2. The number of ketones is 1. The zero-order chi connectivity index (χ0) is 26.6. The molecule has 1 fully saturated rings. The van der Waals surface area contributed by atoms with E-state index < -0.39 is 22.9 Å². The lowest BCUT2D eigenvalue weighted by Crippen LogP contribution is -2.60. The number of rotatable bonds is 10. The first-order valence-electron chi connectivity index (χ1n) is 11.4. The smallest absolute Gasteiger partial charge is 0.254 e. The summed E-state index contributed by atoms with van der Waals surface area (Å²) in [6.07, 6.45) is 1.79. The molecule has 1 saturated heterocycles. The van der Waals surface area contributed by atoms with E-state index in [0.717, 1.165) is 18.6 Å². The predicted molar refractivity (Wildman–Crippen MR) is 134 cm³/mol. The van der Waals surface area contributed by atoms with Gasteiger partial charge in [0.25, 0.3) is 5.91 Å². The molecule has 3 rings (SSSR count). The van der Waals surface area contributed by atoms with Crippen LogP contribution in [-0.2, 0) is 9.53 Å². The van der Waals surface area contributed by atoms with E-state index in [2.05, 4.69) is 0 Å². The Morgan fingerprint density at radius 3 is 2.42 bits per heavy atom. The van der Waals surface area contributed by atoms with Crippen molar-refractivity contribution in [2.24, 2.45) is 5.73 Å². The maximum atomic E-state index is 14.4. The number of anilines is 1. The minimum atomic E-state index is -0.991. The van der Waals surface area contributed by atoms with Crippen LogP contribution in [0.4, 0.5) is 10.1 Å². The molecule has 192 valence electrons. The van der Waals surface area contributed by atoms with Gasteiger partial charge in [0, 0.05) is 48.3 Å². The molecule has 1 amide bonds. The van der Waals surface area contributed by atoms with Gasteiger partial charge in [0.2, 0.25) is 5.78 Å². The number of nitrogens with two attached hydrogens (primary N) is 2. The number of carbonyl (C=O) groups excluding carboxylic acids is 2. The number of allylic oxidation sites excluding steroid dienone is 1. The lowest BCUT2D eigenvalue weighted by molar-refractivity contribution is -0.108. The quantitative estimate of drug-likeness (QED) is 0.170. The number of aliphatic hydroxyl groups is 1. The molecular formula is C26H31FN4O5. The fourth-order valence-corrected chi connectivity index (χ4v) is 3.90. The molecule has 0 radical (unpaired) electrons. The van der Waals surface area contributed by atoms with E-state index in [0.29, 0.717) is 17.7 Å². The Hall–Kier alpha value is -3.76. The molecule has 6 N–H and O–H groups in total. The third-order valence-corrected chi connectivity index (χ3v) is 6.01. The van der Waals surface area contributed by atoms with Crippen LogP contribution >= 0.6 is 0 Å². The topological polar surface area (TPSA) is 152 Å². The molecule has 0 aliphatic carbocycles. The summed E-state index contributed by atoms with van der Waals surface area (Å²) >= 11 is 0. The van der Waals surface area contributed by atoms with Crippen LogP contribution in [0.15, 0.2) is 42.5 Å². The highest BCUT2D eigenvalue weighted by atomic mass is 19.1. The van der Waals surface area contributed by atoms with Gasteiger partial charge in [-0.05, 0) is 44.0 Å². The number of hydrogen-bond acceptors (Lipinski definition) is 8. The normalized spacial score (nSPS) is 15.9. The number of nitrogens with one attached hydrogen (secondary N) is 1. The molecule has 1 heterocycles. The first-order valence-corrected chi connectivity index (χ1v) is 11.4. The van der Waals surface area contributed by atoms with E-state index in [-0.39, 0.29) is 47.9 Å². The van der Waals surface area contributed by atoms with Crippen molar-refractivity contribution in [3.63, 3.8) is 0 Å². The minimum Gasteiger partial charge on any atom is -0.488 e. The second-order valence-corrected chi connectivity index (χ2v) is 9.08. The Labute approximate surface area is 209 Å². The number of hydrogen-bond donors (Lipinski definition) is 4. The maximum absolute atomic E-state index is 14.4. The molecule has 2 aromatic carbocycles. The summed E-state index contributed by atoms with van der Waals surface area (Å²) in [5.41, 5.74) is 11.3. The summed E-state index contributed by atoms with van der Waals surface area (Å²) in [6.45, 7) is 4.29. The molecule has 1 aliphatic rings. The highest BCUT2D eigenvalue weighted by Crippen LogP contribution is 2.29. The van der Waals surface area contributed by atoms with Gasteiger partial charge in [0.05, 0.1) is 18.2 Å². The van der Waals surface area contributed by atoms with Crippen molar-refractivity contribution in [2.45, 2.75) is 31.9 Å². The molecule has 36 heavy (non-hydrogen) atoms. The van der Waals surface area contributed by atoms with Gasteiger partial charge in [-0.3, -0.25) is 15.0 Å². The Bertz CT molecular complexity index is 1190. The van der Waals surface area contributed by atoms with Gasteiger partial charge in [-0.15, -0.1) is 0 Å². The number of carbonyl (C=O) groups is 2. The van der Waals surface area contributed by atoms with Gasteiger partial charge in [-0.2, -0.15) is 0 Å². The zero-order valence-corrected chi connectivity index (χ0v) is 20.5. The van der Waals surface area contributed by atoms with Crippen molar-refractivity contribution in [1.82, 2.24) is 4.90 Å². The lowest BCUT2D eigenvalue weighted by atomic mass is 9.87. The lowest BCUT2D eigenvalue weighted by Gasteiger charge is -2.47. The SMILES string of the molecule is COCCOc1cc(N)c(C(=N)C(=O)/C=C(\N)c2ccc(C(=O)N3CC[C@H]3C(C)(C)O)cc2)cc1F. The van der Waals surface area contributed by atoms with Crippen LogP contribution < -0.4 is 16.2 Å². The van der Waals surface area contributed by atoms with Gasteiger partial charge in [0.1, 0.15) is 12.3 Å². The van der Waals surface area contributed by atoms with Crippen molar-refractivity contribution in [2.75, 3.05) is 32.6 Å². The molecule has 2 aromatic rings. The van der Waals surface area contributed by atoms with Crippen LogP contribution in [0.3, 0.4) is 0 Å². The standard InChI is InChI=1S/C26H31FN4O5/c1-26(2,34)23-8-9-31(23)25(33)16-6-4-15(5-7-16)19(28)13-21(32)24(30)17-12-18(27)22(14-20(17)29)36-11-10-35-3/h4-7,12-14,23,30,34H,8-11,28-29H2,1-3H3/b19-13-,30-24?/t23-/m0/s1. The average molecular weight is 499 g/mol. The molecule has 1 atom stereocenters. The van der Waals surface area contributed by atoms with Crippen molar-refractivity contribution < 1.29 is 28.6 Å². The van der Waals surface area contributed by atoms with Crippen LogP contribution in [0.1, 0.15) is 41.8 Å². The number of methoxy groups -OCH3 is 1. The monoisotopic (exact) mass is 498 g/mol. The van der Waals surface area contributed by atoms with E-state index in [1.165, 1.54) is 13.2 Å². The zero-order valence-electron chi connectivity index (χ0n) is 20.5. The van der Waals surface area contributed by atoms with Gasteiger partial charge in [0.15, 0.2) is 11.6 Å². The van der Waals surface area contributed by atoms with Gasteiger partial charge >= 0.3 is 0 Å². The summed E-state index contributed by atoms with van der Waals surface area (Å²) < 4.78 is 24.5. The van der Waals surface area contributed by atoms with Crippen molar-refractivity contribution >= 4 is 28.8 Å². The molecule has 0 spiro atoms. The van der Waals surface area contributed by atoms with Crippen molar-refractivity contribution in [3.05, 3.63) is 65.0 Å². The third-order valence-electron chi connectivity index (χ3n) is 6.01. The third kappa shape index (κ3) is 5.89. The highest BCUT2D eigenvalue weighted by Gasteiger charge is 2.41. The predicted octanol–water partition coefficient (Wildman–Crippen LogP) is 2.36. The fourth-order valence-electron chi connectivity index (χ4n) is 3.90. The fraction of sp³-hybridized carbons (Fsp3) is 0.346. The Kier molecular flexibility index (Phi) is 8.11. The van der Waals surface area contributed by atoms with Crippen LogP contribution in [0.5, 0.6) is 5.75 Å². The molecule has 9 nitrogen and oxygen atoms in total. The number of nitrogen functional groups attached to an aromatic ring is 1. The van der Waals surface area contributed by atoms with E-state index >= 15 is 0 Å². The summed E-state index contributed by atoms with van der Waals surface area (Å²) in [6, 6.07) is 8.29. The number of benzene rings is 2. The van der Waals surface area contributed by atoms with E-state index in [9.17, 15) is 19.1 Å². The van der Waals surface area contributed by atoms with Crippen LogP contribution in [-0.4, -0.2) is 65.9 Å². The summed E-state index contributed by atoms with van der Waals surface area (Å²) in [5, 5.41) is 18.4. The van der Waals surface area contributed by atoms with Crippen LogP contribution in [0.2, 0.25) is 0 Å². The van der Waals surface area contributed by atoms with Gasteiger partial charge in [-0.25, -0.2) is 4.39 Å². The first-order chi connectivity index (χ1) is 16.9. The number of amides is 1. The van der Waals surface area contributed by atoms with Gasteiger partial charge in [-0.1, -0.05) is 12.1 Å². The largest absolute Gasteiger partial charge is 0.488 e. The summed E-state index contributed by atoms with van der Waals surface area (Å²) in [4.78, 5) is 27.0. The summed E-state index contributed by atoms with van der Waals surface area (Å²) in [7, 11) is 1.48. The van der Waals surface area contributed by atoms with Crippen molar-refractivity contribution in [3.8, 4) is 5.75 Å². The minimum absolute atomic E-state index is 0.00681. The van der Waals surface area contributed by atoms with Crippen LogP contribution in [0.25, 0.3) is 5.70 Å². The second-order valence-electron chi connectivity index (χ2n) is 9.08. The second kappa shape index (κ2) is 10.9. The van der Waals surface area contributed by atoms with E-state index in [4.69, 9.17) is 26.4 Å². The summed E-state index contributed by atoms with van der Waals surface area (Å²) in [5.74, 6) is -1.84. The first kappa shape index (κ1) is 26.8. The molecule has 0 unspecified atom stereocenters. The highest BCUT2D eigenvalue weighted by molar-refractivity contribution is 6.50. The Morgan fingerprint density at radius 2 is 1.86 bits per heavy atom. The van der Waals surface area contributed by atoms with Gasteiger partial charge < -0.3 is 30.9 Å². The molecule has 0 bridgehead atoms. The number of halogens is 1. The molecule has 0 aromatic heterocycles. The van der Waals surface area contributed by atoms with E-state index in [1.807, 2.05) is 0 Å². The molecule has 1 aliphatic heterocycles. The number of nitrogens with zero attached hydrogens (tertiary/aromatic N) is 1. The molecular weight excluding hydrogens is 467 g/mol. The maximum Gasteiger partial charge on any atom is 0.254 e. The Balaban J connectivity index is 1.71. The van der Waals surface area contributed by atoms with Crippen LogP contribution in [0, 0.1) is 11.2 Å². The van der Waals surface area contributed by atoms with E-state index in [1.54, 1.807) is 43.0 Å². The average Bonchev–Trinajstić information content (AvgIpc) is 2.78. The molecule has 10 heteroatoms. The number of likely N-dealkylation sites (tertiary alicyclic amines) is 1. The van der Waals surface area contributed by atoms with Crippen molar-refractivity contribution in [1.29, 1.82) is 5.41 Å².